The standard InChI is InChI=1S/C28H26FNO6/c1-17-15-19(7-12-23(17)29)26(31)24-25(18-5-4-6-22(16-18)35-3)30(28(33)27(24)32)13-14-36-21-10-8-20(34-2)9-11-21/h4-12,15-16,25,31H,13-14H2,1-3H3/b26-24-. The molecule has 1 atom stereocenters. The normalized spacial score (nSPS) is 16.8. The van der Waals surface area contributed by atoms with E-state index in [9.17, 15) is 19.1 Å². The summed E-state index contributed by atoms with van der Waals surface area (Å²) >= 11 is 0. The van der Waals surface area contributed by atoms with Crippen molar-refractivity contribution in [2.45, 2.75) is 13.0 Å². The number of aliphatic hydroxyl groups is 1. The van der Waals surface area contributed by atoms with Gasteiger partial charge in [0, 0.05) is 5.56 Å². The zero-order valence-electron chi connectivity index (χ0n) is 20.2. The summed E-state index contributed by atoms with van der Waals surface area (Å²) in [5.74, 6) is -0.609. The van der Waals surface area contributed by atoms with Gasteiger partial charge in [0.15, 0.2) is 0 Å². The van der Waals surface area contributed by atoms with Gasteiger partial charge in [0.1, 0.15) is 35.4 Å². The molecule has 0 bridgehead atoms. The first-order valence-electron chi connectivity index (χ1n) is 11.3. The first-order valence-corrected chi connectivity index (χ1v) is 11.3. The average molecular weight is 492 g/mol. The average Bonchev–Trinajstić information content (AvgIpc) is 3.15. The monoisotopic (exact) mass is 491 g/mol. The number of methoxy groups -OCH3 is 2. The van der Waals surface area contributed by atoms with E-state index in [1.54, 1.807) is 62.6 Å². The molecule has 1 aliphatic rings. The van der Waals surface area contributed by atoms with Crippen molar-refractivity contribution in [1.29, 1.82) is 0 Å². The molecule has 1 fully saturated rings. The van der Waals surface area contributed by atoms with Crippen LogP contribution in [0.3, 0.4) is 0 Å². The summed E-state index contributed by atoms with van der Waals surface area (Å²) in [6.07, 6.45) is 0. The number of aliphatic hydroxyl groups excluding tert-OH is 1. The van der Waals surface area contributed by atoms with E-state index in [-0.39, 0.29) is 30.0 Å². The van der Waals surface area contributed by atoms with Crippen molar-refractivity contribution in [1.82, 2.24) is 4.90 Å². The van der Waals surface area contributed by atoms with E-state index in [0.29, 0.717) is 28.4 Å². The highest BCUT2D eigenvalue weighted by Crippen LogP contribution is 2.40. The van der Waals surface area contributed by atoms with Crippen LogP contribution in [0.15, 0.2) is 72.3 Å². The predicted octanol–water partition coefficient (Wildman–Crippen LogP) is 4.65. The van der Waals surface area contributed by atoms with Gasteiger partial charge in [0.05, 0.1) is 32.4 Å². The molecule has 8 heteroatoms. The van der Waals surface area contributed by atoms with Gasteiger partial charge in [0.25, 0.3) is 11.7 Å². The molecule has 186 valence electrons. The van der Waals surface area contributed by atoms with E-state index in [2.05, 4.69) is 0 Å². The number of carbonyl (C=O) groups excluding carboxylic acids is 2. The second kappa shape index (κ2) is 10.5. The fraction of sp³-hybridized carbons (Fsp3) is 0.214. The van der Waals surface area contributed by atoms with Crippen molar-refractivity contribution in [3.8, 4) is 17.2 Å². The number of benzene rings is 3. The van der Waals surface area contributed by atoms with Crippen molar-refractivity contribution in [3.63, 3.8) is 0 Å². The summed E-state index contributed by atoms with van der Waals surface area (Å²) in [6.45, 7) is 1.74. The number of hydrogen-bond donors (Lipinski definition) is 1. The highest BCUT2D eigenvalue weighted by atomic mass is 19.1. The van der Waals surface area contributed by atoms with E-state index in [1.165, 1.54) is 30.2 Å². The maximum atomic E-state index is 13.8. The van der Waals surface area contributed by atoms with Crippen LogP contribution in [0.1, 0.15) is 22.7 Å². The minimum absolute atomic E-state index is 0.0799. The molecule has 0 aliphatic carbocycles. The Hall–Kier alpha value is -4.33. The molecule has 36 heavy (non-hydrogen) atoms. The molecule has 0 radical (unpaired) electrons. The third-order valence-electron chi connectivity index (χ3n) is 6.04. The van der Waals surface area contributed by atoms with Gasteiger partial charge in [-0.3, -0.25) is 9.59 Å². The van der Waals surface area contributed by atoms with Crippen molar-refractivity contribution in [2.24, 2.45) is 0 Å². The Labute approximate surface area is 208 Å². The number of carbonyl (C=O) groups is 2. The second-order valence-corrected chi connectivity index (χ2v) is 8.26. The first-order chi connectivity index (χ1) is 17.3. The molecule has 7 nitrogen and oxygen atoms in total. The molecule has 0 aromatic heterocycles. The third-order valence-corrected chi connectivity index (χ3v) is 6.04. The van der Waals surface area contributed by atoms with Gasteiger partial charge in [-0.25, -0.2) is 4.39 Å². The summed E-state index contributed by atoms with van der Waals surface area (Å²) in [4.78, 5) is 27.6. The quantitative estimate of drug-likeness (QED) is 0.281. The largest absolute Gasteiger partial charge is 0.507 e. The number of nitrogens with zero attached hydrogens (tertiary/aromatic N) is 1. The molecule has 1 N–H and O–H groups in total. The molecule has 3 aromatic rings. The van der Waals surface area contributed by atoms with Crippen LogP contribution in [-0.2, 0) is 9.59 Å². The fourth-order valence-electron chi connectivity index (χ4n) is 4.15. The van der Waals surface area contributed by atoms with Crippen molar-refractivity contribution in [3.05, 3.63) is 94.8 Å². The van der Waals surface area contributed by atoms with Crippen LogP contribution in [0.5, 0.6) is 17.2 Å². The lowest BCUT2D eigenvalue weighted by Crippen LogP contribution is -2.33. The Morgan fingerprint density at radius 2 is 1.64 bits per heavy atom. The van der Waals surface area contributed by atoms with Gasteiger partial charge in [-0.1, -0.05) is 12.1 Å². The van der Waals surface area contributed by atoms with Gasteiger partial charge < -0.3 is 24.2 Å². The Balaban J connectivity index is 1.70. The fourth-order valence-corrected chi connectivity index (χ4v) is 4.15. The van der Waals surface area contributed by atoms with Crippen LogP contribution in [0.2, 0.25) is 0 Å². The summed E-state index contributed by atoms with van der Waals surface area (Å²) in [5, 5.41) is 11.1. The lowest BCUT2D eigenvalue weighted by molar-refractivity contribution is -0.140. The number of aryl methyl sites for hydroxylation is 1. The van der Waals surface area contributed by atoms with Crippen LogP contribution in [0.4, 0.5) is 4.39 Å². The van der Waals surface area contributed by atoms with Crippen LogP contribution >= 0.6 is 0 Å². The topological polar surface area (TPSA) is 85.3 Å². The van der Waals surface area contributed by atoms with Gasteiger partial charge in [-0.05, 0) is 72.6 Å². The van der Waals surface area contributed by atoms with Crippen molar-refractivity contribution in [2.75, 3.05) is 27.4 Å². The van der Waals surface area contributed by atoms with Gasteiger partial charge in [-0.2, -0.15) is 0 Å². The molecule has 3 aromatic carbocycles. The Morgan fingerprint density at radius 1 is 0.944 bits per heavy atom. The Morgan fingerprint density at radius 3 is 2.31 bits per heavy atom. The lowest BCUT2D eigenvalue weighted by atomic mass is 9.94. The molecule has 1 amide bonds. The maximum Gasteiger partial charge on any atom is 0.295 e. The van der Waals surface area contributed by atoms with Gasteiger partial charge >= 0.3 is 0 Å². The zero-order chi connectivity index (χ0) is 25.8. The summed E-state index contributed by atoms with van der Waals surface area (Å²) < 4.78 is 30.1. The molecule has 1 saturated heterocycles. The number of rotatable bonds is 8. The maximum absolute atomic E-state index is 13.8. The molecular formula is C28H26FNO6. The van der Waals surface area contributed by atoms with E-state index >= 15 is 0 Å². The summed E-state index contributed by atoms with van der Waals surface area (Å²) in [6, 6.07) is 17.1. The number of ether oxygens (including phenoxy) is 3. The highest BCUT2D eigenvalue weighted by molar-refractivity contribution is 6.46. The zero-order valence-corrected chi connectivity index (χ0v) is 20.2. The SMILES string of the molecule is COc1ccc(OCCN2C(=O)C(=O)/C(=C(\O)c3ccc(F)c(C)c3)C2c2cccc(OC)c2)cc1. The molecule has 0 spiro atoms. The molecule has 4 rings (SSSR count). The minimum atomic E-state index is -0.884. The van der Waals surface area contributed by atoms with Crippen molar-refractivity contribution >= 4 is 17.4 Å². The van der Waals surface area contributed by atoms with E-state index in [1.807, 2.05) is 0 Å². The molecule has 1 aliphatic heterocycles. The van der Waals surface area contributed by atoms with Crippen molar-refractivity contribution < 1.29 is 33.3 Å². The summed E-state index contributed by atoms with van der Waals surface area (Å²) in [5.41, 5.74) is 1.05. The van der Waals surface area contributed by atoms with E-state index in [4.69, 9.17) is 14.2 Å². The van der Waals surface area contributed by atoms with Crippen LogP contribution in [0.25, 0.3) is 5.76 Å². The number of likely N-dealkylation sites (tertiary alicyclic amines) is 1. The summed E-state index contributed by atoms with van der Waals surface area (Å²) in [7, 11) is 3.08. The highest BCUT2D eigenvalue weighted by Gasteiger charge is 2.46. The molecule has 1 heterocycles. The van der Waals surface area contributed by atoms with E-state index < -0.39 is 23.5 Å². The lowest BCUT2D eigenvalue weighted by Gasteiger charge is -2.25. The van der Waals surface area contributed by atoms with E-state index in [0.717, 1.165) is 0 Å². The van der Waals surface area contributed by atoms with Crippen LogP contribution < -0.4 is 14.2 Å². The number of halogens is 1. The smallest absolute Gasteiger partial charge is 0.295 e. The third kappa shape index (κ3) is 4.88. The second-order valence-electron chi connectivity index (χ2n) is 8.26. The molecule has 1 unspecified atom stereocenters. The number of hydrogen-bond acceptors (Lipinski definition) is 6. The van der Waals surface area contributed by atoms with Gasteiger partial charge in [-0.15, -0.1) is 0 Å². The first kappa shape index (κ1) is 24.8. The van der Waals surface area contributed by atoms with Gasteiger partial charge in [0.2, 0.25) is 0 Å². The number of amides is 1. The Kier molecular flexibility index (Phi) is 7.24. The van der Waals surface area contributed by atoms with Crippen LogP contribution in [0, 0.1) is 12.7 Å². The number of ketones is 1. The predicted molar refractivity (Wildman–Crippen MR) is 132 cm³/mol. The Bertz CT molecular complexity index is 1320. The number of Topliss-reactive ketones (excluding diaryl/α,β-unsaturated/α-hetero) is 1. The molecular weight excluding hydrogens is 465 g/mol. The molecule has 0 saturated carbocycles. The minimum Gasteiger partial charge on any atom is -0.507 e. The van der Waals surface area contributed by atoms with Crippen LogP contribution in [-0.4, -0.2) is 49.1 Å².